The standard InChI is InChI=1S/C21H21ClN2O4/c1-20(2,3)24-19(27)21(28-17(25)14-7-5-4-6-8-14)15-11-13(12-22)9-10-16(15)23-18(21)26/h4-11H,12H2,1-3H3,(H,23,26)(H,24,27). The zero-order valence-electron chi connectivity index (χ0n) is 15.8. The molecule has 1 aliphatic rings. The Morgan fingerprint density at radius 2 is 1.82 bits per heavy atom. The molecule has 0 aliphatic carbocycles. The van der Waals surface area contributed by atoms with Crippen molar-refractivity contribution >= 4 is 35.1 Å². The average molecular weight is 401 g/mol. The SMILES string of the molecule is CC(C)(C)NC(=O)C1(OC(=O)c2ccccc2)C(=O)Nc2ccc(CCl)cc21. The van der Waals surface area contributed by atoms with E-state index in [1.807, 2.05) is 0 Å². The van der Waals surface area contributed by atoms with Crippen molar-refractivity contribution in [3.63, 3.8) is 0 Å². The summed E-state index contributed by atoms with van der Waals surface area (Å²) in [4.78, 5) is 39.0. The number of nitrogens with one attached hydrogen (secondary N) is 2. The first kappa shape index (κ1) is 19.9. The van der Waals surface area contributed by atoms with E-state index in [0.29, 0.717) is 11.3 Å². The molecule has 2 aromatic rings. The minimum Gasteiger partial charge on any atom is -0.430 e. The van der Waals surface area contributed by atoms with Crippen molar-refractivity contribution in [2.75, 3.05) is 5.32 Å². The van der Waals surface area contributed by atoms with E-state index in [0.717, 1.165) is 0 Å². The topological polar surface area (TPSA) is 84.5 Å². The highest BCUT2D eigenvalue weighted by Gasteiger charge is 2.57. The Morgan fingerprint density at radius 3 is 2.43 bits per heavy atom. The Morgan fingerprint density at radius 1 is 1.14 bits per heavy atom. The molecule has 0 radical (unpaired) electrons. The Bertz CT molecular complexity index is 937. The van der Waals surface area contributed by atoms with E-state index in [1.54, 1.807) is 69.3 Å². The predicted octanol–water partition coefficient (Wildman–Crippen LogP) is 3.34. The van der Waals surface area contributed by atoms with E-state index in [4.69, 9.17) is 16.3 Å². The van der Waals surface area contributed by atoms with Gasteiger partial charge in [0.25, 0.3) is 17.4 Å². The molecule has 0 saturated carbocycles. The molecule has 2 aromatic carbocycles. The number of hydrogen-bond donors (Lipinski definition) is 2. The molecule has 2 N–H and O–H groups in total. The maximum atomic E-state index is 13.2. The van der Waals surface area contributed by atoms with Crippen molar-refractivity contribution in [2.45, 2.75) is 37.8 Å². The fourth-order valence-corrected chi connectivity index (χ4v) is 3.15. The molecule has 0 fully saturated rings. The zero-order chi connectivity index (χ0) is 20.5. The number of ether oxygens (including phenoxy) is 1. The molecule has 1 unspecified atom stereocenters. The van der Waals surface area contributed by atoms with Crippen molar-refractivity contribution in [1.82, 2.24) is 5.32 Å². The van der Waals surface area contributed by atoms with Gasteiger partial charge < -0.3 is 15.4 Å². The first-order chi connectivity index (χ1) is 13.2. The van der Waals surface area contributed by atoms with Gasteiger partial charge in [0, 0.05) is 22.7 Å². The Kier molecular flexibility index (Phi) is 5.17. The number of rotatable bonds is 4. The predicted molar refractivity (Wildman–Crippen MR) is 106 cm³/mol. The third-order valence-electron chi connectivity index (χ3n) is 4.25. The van der Waals surface area contributed by atoms with Crippen LogP contribution in [0.4, 0.5) is 5.69 Å². The third kappa shape index (κ3) is 3.60. The van der Waals surface area contributed by atoms with Gasteiger partial charge in [-0.1, -0.05) is 24.3 Å². The monoisotopic (exact) mass is 400 g/mol. The van der Waals surface area contributed by atoms with Crippen LogP contribution in [-0.4, -0.2) is 23.3 Å². The van der Waals surface area contributed by atoms with E-state index in [2.05, 4.69) is 10.6 Å². The van der Waals surface area contributed by atoms with Gasteiger partial charge in [0.2, 0.25) is 0 Å². The van der Waals surface area contributed by atoms with E-state index >= 15 is 0 Å². The van der Waals surface area contributed by atoms with Crippen LogP contribution in [0.25, 0.3) is 0 Å². The summed E-state index contributed by atoms with van der Waals surface area (Å²) in [6.07, 6.45) is 0. The summed E-state index contributed by atoms with van der Waals surface area (Å²) in [5, 5.41) is 5.40. The second-order valence-corrected chi connectivity index (χ2v) is 7.88. The van der Waals surface area contributed by atoms with Gasteiger partial charge in [0.1, 0.15) is 0 Å². The number of carbonyl (C=O) groups is 3. The molecule has 1 aliphatic heterocycles. The highest BCUT2D eigenvalue weighted by molar-refractivity contribution is 6.21. The highest BCUT2D eigenvalue weighted by atomic mass is 35.5. The smallest absolute Gasteiger partial charge is 0.340 e. The fourth-order valence-electron chi connectivity index (χ4n) is 2.98. The molecule has 146 valence electrons. The molecule has 6 nitrogen and oxygen atoms in total. The van der Waals surface area contributed by atoms with Gasteiger partial charge in [0.15, 0.2) is 0 Å². The number of benzene rings is 2. The van der Waals surface area contributed by atoms with Crippen molar-refractivity contribution < 1.29 is 19.1 Å². The van der Waals surface area contributed by atoms with Crippen LogP contribution < -0.4 is 10.6 Å². The van der Waals surface area contributed by atoms with Gasteiger partial charge in [-0.3, -0.25) is 9.59 Å². The summed E-state index contributed by atoms with van der Waals surface area (Å²) in [5.74, 6) is -2.03. The molecule has 0 aromatic heterocycles. The number of alkyl halides is 1. The van der Waals surface area contributed by atoms with E-state index in [9.17, 15) is 14.4 Å². The fraction of sp³-hybridized carbons (Fsp3) is 0.286. The minimum absolute atomic E-state index is 0.186. The number of anilines is 1. The second kappa shape index (κ2) is 7.28. The van der Waals surface area contributed by atoms with Crippen LogP contribution in [-0.2, 0) is 25.8 Å². The number of carbonyl (C=O) groups excluding carboxylic acids is 3. The lowest BCUT2D eigenvalue weighted by Gasteiger charge is -2.30. The summed E-state index contributed by atoms with van der Waals surface area (Å²) < 4.78 is 5.62. The maximum Gasteiger partial charge on any atom is 0.340 e. The molecular weight excluding hydrogens is 380 g/mol. The van der Waals surface area contributed by atoms with E-state index in [1.165, 1.54) is 0 Å². The molecule has 0 bridgehead atoms. The average Bonchev–Trinajstić information content (AvgIpc) is 2.93. The van der Waals surface area contributed by atoms with Crippen LogP contribution in [0.15, 0.2) is 48.5 Å². The molecule has 2 amide bonds. The molecule has 0 spiro atoms. The maximum absolute atomic E-state index is 13.2. The number of fused-ring (bicyclic) bond motifs is 1. The zero-order valence-corrected chi connectivity index (χ0v) is 16.6. The Balaban J connectivity index is 2.12. The molecular formula is C21H21ClN2O4. The molecule has 0 saturated heterocycles. The van der Waals surface area contributed by atoms with Crippen LogP contribution in [0.1, 0.15) is 42.3 Å². The number of esters is 1. The minimum atomic E-state index is -2.14. The van der Waals surface area contributed by atoms with Gasteiger partial charge in [0.05, 0.1) is 5.56 Å². The van der Waals surface area contributed by atoms with Crippen LogP contribution in [0.3, 0.4) is 0 Å². The third-order valence-corrected chi connectivity index (χ3v) is 4.56. The number of halogens is 1. The van der Waals surface area contributed by atoms with Crippen LogP contribution in [0.5, 0.6) is 0 Å². The highest BCUT2D eigenvalue weighted by Crippen LogP contribution is 2.41. The van der Waals surface area contributed by atoms with Crippen molar-refractivity contribution in [3.8, 4) is 0 Å². The lowest BCUT2D eigenvalue weighted by Crippen LogP contribution is -2.56. The van der Waals surface area contributed by atoms with E-state index in [-0.39, 0.29) is 17.0 Å². The summed E-state index contributed by atoms with van der Waals surface area (Å²) in [7, 11) is 0. The van der Waals surface area contributed by atoms with Gasteiger partial charge in [-0.05, 0) is 50.6 Å². The van der Waals surface area contributed by atoms with Gasteiger partial charge in [-0.25, -0.2) is 4.79 Å². The number of hydrogen-bond acceptors (Lipinski definition) is 4. The molecule has 1 heterocycles. The Hall–Kier alpha value is -2.86. The van der Waals surface area contributed by atoms with Crippen molar-refractivity contribution in [3.05, 3.63) is 65.2 Å². The molecule has 7 heteroatoms. The second-order valence-electron chi connectivity index (χ2n) is 7.61. The van der Waals surface area contributed by atoms with Gasteiger partial charge >= 0.3 is 5.97 Å². The molecule has 28 heavy (non-hydrogen) atoms. The van der Waals surface area contributed by atoms with Crippen molar-refractivity contribution in [2.24, 2.45) is 0 Å². The largest absolute Gasteiger partial charge is 0.430 e. The first-order valence-electron chi connectivity index (χ1n) is 8.79. The van der Waals surface area contributed by atoms with Crippen LogP contribution in [0.2, 0.25) is 0 Å². The molecule has 3 rings (SSSR count). The molecule has 1 atom stereocenters. The lowest BCUT2D eigenvalue weighted by atomic mass is 9.91. The normalized spacial score (nSPS) is 18.2. The lowest BCUT2D eigenvalue weighted by molar-refractivity contribution is -0.152. The quantitative estimate of drug-likeness (QED) is 0.468. The van der Waals surface area contributed by atoms with Crippen molar-refractivity contribution in [1.29, 1.82) is 0 Å². The first-order valence-corrected chi connectivity index (χ1v) is 9.32. The van der Waals surface area contributed by atoms with Gasteiger partial charge in [-0.2, -0.15) is 0 Å². The summed E-state index contributed by atoms with van der Waals surface area (Å²) in [5.41, 5.74) is -1.18. The summed E-state index contributed by atoms with van der Waals surface area (Å²) in [6, 6.07) is 13.2. The van der Waals surface area contributed by atoms with Crippen LogP contribution in [0, 0.1) is 0 Å². The summed E-state index contributed by atoms with van der Waals surface area (Å²) >= 11 is 5.93. The number of amides is 2. The van der Waals surface area contributed by atoms with Gasteiger partial charge in [-0.15, -0.1) is 11.6 Å². The van der Waals surface area contributed by atoms with Crippen LogP contribution >= 0.6 is 11.6 Å². The van der Waals surface area contributed by atoms with E-state index < -0.39 is 28.9 Å². The summed E-state index contributed by atoms with van der Waals surface area (Å²) in [6.45, 7) is 5.34. The Labute approximate surface area is 168 Å².